The van der Waals surface area contributed by atoms with Gasteiger partial charge in [-0.2, -0.15) is 0 Å². The maximum atomic E-state index is 11.9. The van der Waals surface area contributed by atoms with Crippen molar-refractivity contribution in [1.29, 1.82) is 0 Å². The monoisotopic (exact) mass is 302 g/mol. The number of aromatic nitrogens is 2. The lowest BCUT2D eigenvalue weighted by atomic mass is 10.0. The molecule has 5 heteroatoms. The highest BCUT2D eigenvalue weighted by Gasteiger charge is 2.16. The first-order valence-corrected chi connectivity index (χ1v) is 6.96. The van der Waals surface area contributed by atoms with Crippen LogP contribution in [0.15, 0.2) is 47.3 Å². The fourth-order valence-electron chi connectivity index (χ4n) is 2.57. The van der Waals surface area contributed by atoms with Crippen molar-refractivity contribution in [3.8, 4) is 0 Å². The molecule has 0 radical (unpaired) electrons. The van der Waals surface area contributed by atoms with Gasteiger partial charge in [0.2, 0.25) is 0 Å². The third-order valence-corrected chi connectivity index (χ3v) is 4.16. The normalized spacial score (nSPS) is 12.8. The van der Waals surface area contributed by atoms with Crippen molar-refractivity contribution < 1.29 is 5.11 Å². The van der Waals surface area contributed by atoms with Crippen molar-refractivity contribution in [3.63, 3.8) is 0 Å². The van der Waals surface area contributed by atoms with E-state index in [9.17, 15) is 9.90 Å². The van der Waals surface area contributed by atoms with Crippen LogP contribution in [0.5, 0.6) is 0 Å². The van der Waals surface area contributed by atoms with Crippen LogP contribution in [0, 0.1) is 0 Å². The number of imidazole rings is 1. The first-order valence-electron chi connectivity index (χ1n) is 6.58. The summed E-state index contributed by atoms with van der Waals surface area (Å²) in [6, 6.07) is 12.7. The zero-order chi connectivity index (χ0) is 15.1. The van der Waals surface area contributed by atoms with Crippen LogP contribution in [0.25, 0.3) is 11.0 Å². The predicted octanol–water partition coefficient (Wildman–Crippen LogP) is 2.61. The van der Waals surface area contributed by atoms with Crippen molar-refractivity contribution >= 4 is 22.6 Å². The number of aryl methyl sites for hydroxylation is 2. The highest BCUT2D eigenvalue weighted by Crippen LogP contribution is 2.29. The lowest BCUT2D eigenvalue weighted by Gasteiger charge is -2.13. The molecule has 1 N–H and O–H groups in total. The second-order valence-electron chi connectivity index (χ2n) is 5.07. The van der Waals surface area contributed by atoms with E-state index in [4.69, 9.17) is 11.6 Å². The summed E-state index contributed by atoms with van der Waals surface area (Å²) in [5.41, 5.74) is 2.88. The summed E-state index contributed by atoms with van der Waals surface area (Å²) in [6.07, 6.45) is -0.821. The van der Waals surface area contributed by atoms with Crippen LogP contribution in [-0.2, 0) is 14.1 Å². The molecule has 0 saturated carbocycles. The quantitative estimate of drug-likeness (QED) is 0.791. The number of aliphatic hydroxyl groups is 1. The van der Waals surface area contributed by atoms with E-state index >= 15 is 0 Å². The Labute approximate surface area is 126 Å². The Balaban J connectivity index is 2.16. The molecule has 0 fully saturated rings. The number of hydrogen-bond donors (Lipinski definition) is 1. The minimum absolute atomic E-state index is 0.0885. The van der Waals surface area contributed by atoms with E-state index in [1.54, 1.807) is 35.4 Å². The smallest absolute Gasteiger partial charge is 0.328 e. The van der Waals surface area contributed by atoms with Crippen molar-refractivity contribution in [2.24, 2.45) is 14.1 Å². The molecule has 3 aromatic rings. The van der Waals surface area contributed by atoms with Crippen molar-refractivity contribution in [1.82, 2.24) is 9.13 Å². The summed E-state index contributed by atoms with van der Waals surface area (Å²) in [7, 11) is 3.45. The number of rotatable bonds is 2. The lowest BCUT2D eigenvalue weighted by Crippen LogP contribution is -2.19. The molecular formula is C16H15ClN2O2. The SMILES string of the molecule is Cn1c(=O)n(C)c2cc(C(O)c3ccccc3Cl)ccc21. The van der Waals surface area contributed by atoms with Gasteiger partial charge in [-0.1, -0.05) is 35.9 Å². The van der Waals surface area contributed by atoms with E-state index in [0.29, 0.717) is 16.1 Å². The van der Waals surface area contributed by atoms with Crippen LogP contribution in [0.1, 0.15) is 17.2 Å². The Morgan fingerprint density at radius 3 is 2.43 bits per heavy atom. The molecule has 1 heterocycles. The van der Waals surface area contributed by atoms with E-state index in [2.05, 4.69) is 0 Å². The highest BCUT2D eigenvalue weighted by atomic mass is 35.5. The van der Waals surface area contributed by atoms with Crippen LogP contribution in [-0.4, -0.2) is 14.2 Å². The number of benzene rings is 2. The summed E-state index contributed by atoms with van der Waals surface area (Å²) in [4.78, 5) is 11.9. The highest BCUT2D eigenvalue weighted by molar-refractivity contribution is 6.31. The molecule has 0 aliphatic carbocycles. The summed E-state index contributed by atoms with van der Waals surface area (Å²) >= 11 is 6.13. The number of hydrogen-bond acceptors (Lipinski definition) is 2. The fourth-order valence-corrected chi connectivity index (χ4v) is 2.81. The van der Waals surface area contributed by atoms with Crippen LogP contribution in [0.4, 0.5) is 0 Å². The minimum Gasteiger partial charge on any atom is -0.384 e. The lowest BCUT2D eigenvalue weighted by molar-refractivity contribution is 0.220. The molecule has 0 aliphatic heterocycles. The van der Waals surface area contributed by atoms with Gasteiger partial charge in [0.25, 0.3) is 0 Å². The summed E-state index contributed by atoms with van der Waals surface area (Å²) < 4.78 is 3.15. The molecule has 0 amide bonds. The van der Waals surface area contributed by atoms with Crippen LogP contribution < -0.4 is 5.69 Å². The fraction of sp³-hybridized carbons (Fsp3) is 0.188. The molecule has 0 saturated heterocycles. The molecular weight excluding hydrogens is 288 g/mol. The van der Waals surface area contributed by atoms with Gasteiger partial charge in [-0.05, 0) is 23.8 Å². The topological polar surface area (TPSA) is 47.2 Å². The van der Waals surface area contributed by atoms with E-state index in [0.717, 1.165) is 11.0 Å². The van der Waals surface area contributed by atoms with Crippen LogP contribution >= 0.6 is 11.6 Å². The zero-order valence-corrected chi connectivity index (χ0v) is 12.5. The molecule has 0 bridgehead atoms. The Hall–Kier alpha value is -2.04. The standard InChI is InChI=1S/C16H15ClN2O2/c1-18-13-8-7-10(9-14(13)19(2)16(18)21)15(20)11-5-3-4-6-12(11)17/h3-9,15,20H,1-2H3. The van der Waals surface area contributed by atoms with Gasteiger partial charge >= 0.3 is 5.69 Å². The second kappa shape index (κ2) is 5.06. The Kier molecular flexibility index (Phi) is 3.35. The Bertz CT molecular complexity index is 880. The Morgan fingerprint density at radius 1 is 1.05 bits per heavy atom. The van der Waals surface area contributed by atoms with Gasteiger partial charge in [-0.15, -0.1) is 0 Å². The van der Waals surface area contributed by atoms with E-state index < -0.39 is 6.10 Å². The molecule has 4 nitrogen and oxygen atoms in total. The third kappa shape index (κ3) is 2.17. The summed E-state index contributed by atoms with van der Waals surface area (Å²) in [5, 5.41) is 11.0. The van der Waals surface area contributed by atoms with Gasteiger partial charge in [0.15, 0.2) is 0 Å². The van der Waals surface area contributed by atoms with E-state index in [1.165, 1.54) is 0 Å². The minimum atomic E-state index is -0.821. The molecule has 0 spiro atoms. The number of aliphatic hydroxyl groups excluding tert-OH is 1. The average molecular weight is 303 g/mol. The van der Waals surface area contributed by atoms with Crippen molar-refractivity contribution in [3.05, 3.63) is 69.1 Å². The Morgan fingerprint density at radius 2 is 1.71 bits per heavy atom. The van der Waals surface area contributed by atoms with Gasteiger partial charge < -0.3 is 5.11 Å². The van der Waals surface area contributed by atoms with Gasteiger partial charge in [-0.3, -0.25) is 9.13 Å². The number of fused-ring (bicyclic) bond motifs is 1. The van der Waals surface area contributed by atoms with Crippen LogP contribution in [0.2, 0.25) is 5.02 Å². The van der Waals surface area contributed by atoms with Crippen molar-refractivity contribution in [2.75, 3.05) is 0 Å². The summed E-state index contributed by atoms with van der Waals surface area (Å²) in [6.45, 7) is 0. The largest absolute Gasteiger partial charge is 0.384 e. The van der Waals surface area contributed by atoms with E-state index in [1.807, 2.05) is 30.3 Å². The molecule has 1 atom stereocenters. The molecule has 3 rings (SSSR count). The van der Waals surface area contributed by atoms with Gasteiger partial charge in [0, 0.05) is 24.7 Å². The van der Waals surface area contributed by atoms with Gasteiger partial charge in [0.1, 0.15) is 6.10 Å². The zero-order valence-electron chi connectivity index (χ0n) is 11.7. The van der Waals surface area contributed by atoms with E-state index in [-0.39, 0.29) is 5.69 Å². The van der Waals surface area contributed by atoms with Crippen LogP contribution in [0.3, 0.4) is 0 Å². The maximum absolute atomic E-state index is 11.9. The number of halogens is 1. The summed E-state index contributed by atoms with van der Waals surface area (Å²) in [5.74, 6) is 0. The number of nitrogens with zero attached hydrogens (tertiary/aromatic N) is 2. The predicted molar refractivity (Wildman–Crippen MR) is 83.7 cm³/mol. The second-order valence-corrected chi connectivity index (χ2v) is 5.48. The van der Waals surface area contributed by atoms with Crippen molar-refractivity contribution in [2.45, 2.75) is 6.10 Å². The third-order valence-electron chi connectivity index (χ3n) is 3.81. The molecule has 108 valence electrons. The first-order chi connectivity index (χ1) is 10.0. The first kappa shape index (κ1) is 13.9. The van der Waals surface area contributed by atoms with Gasteiger partial charge in [-0.25, -0.2) is 4.79 Å². The molecule has 21 heavy (non-hydrogen) atoms. The molecule has 1 aromatic heterocycles. The molecule has 2 aromatic carbocycles. The maximum Gasteiger partial charge on any atom is 0.328 e. The molecule has 1 unspecified atom stereocenters. The average Bonchev–Trinajstić information content (AvgIpc) is 2.71. The molecule has 0 aliphatic rings. The van der Waals surface area contributed by atoms with Gasteiger partial charge in [0.05, 0.1) is 11.0 Å².